The van der Waals surface area contributed by atoms with Crippen LogP contribution in [0, 0.1) is 0 Å². The summed E-state index contributed by atoms with van der Waals surface area (Å²) in [5, 5.41) is 0. The van der Waals surface area contributed by atoms with Crippen LogP contribution in [-0.4, -0.2) is 30.1 Å². The summed E-state index contributed by atoms with van der Waals surface area (Å²) in [4.78, 5) is 11.1. The van der Waals surface area contributed by atoms with Crippen molar-refractivity contribution >= 4 is 6.29 Å². The summed E-state index contributed by atoms with van der Waals surface area (Å²) in [6.45, 7) is 5.75. The molecule has 2 rings (SSSR count). The van der Waals surface area contributed by atoms with Gasteiger partial charge in [-0.15, -0.1) is 0 Å². The Kier molecular flexibility index (Phi) is 2.61. The maximum Gasteiger partial charge on any atom is 0.188 e. The third-order valence-corrected chi connectivity index (χ3v) is 2.92. The van der Waals surface area contributed by atoms with Crippen LogP contribution in [0.15, 0.2) is 0 Å². The minimum Gasteiger partial charge on any atom is -0.342 e. The fourth-order valence-electron chi connectivity index (χ4n) is 2.38. The van der Waals surface area contributed by atoms with Crippen LogP contribution in [0.1, 0.15) is 40.0 Å². The molecular formula is C11H18O4. The number of hydrogen-bond acceptors (Lipinski definition) is 4. The summed E-state index contributed by atoms with van der Waals surface area (Å²) in [6.07, 6.45) is 2.68. The Morgan fingerprint density at radius 3 is 2.60 bits per heavy atom. The quantitative estimate of drug-likeness (QED) is 0.670. The van der Waals surface area contributed by atoms with Gasteiger partial charge in [0.2, 0.25) is 0 Å². The van der Waals surface area contributed by atoms with Crippen molar-refractivity contribution in [2.45, 2.75) is 63.8 Å². The highest BCUT2D eigenvalue weighted by Crippen LogP contribution is 2.42. The fraction of sp³-hybridized carbons (Fsp3) is 0.909. The van der Waals surface area contributed by atoms with E-state index >= 15 is 0 Å². The van der Waals surface area contributed by atoms with Crippen molar-refractivity contribution in [3.05, 3.63) is 0 Å². The minimum absolute atomic E-state index is 0.100. The summed E-state index contributed by atoms with van der Waals surface area (Å²) in [5.74, 6) is -0.587. The summed E-state index contributed by atoms with van der Waals surface area (Å²) in [5.41, 5.74) is -0.680. The molecule has 3 unspecified atom stereocenters. The van der Waals surface area contributed by atoms with Crippen molar-refractivity contribution in [1.29, 1.82) is 0 Å². The number of aldehydes is 1. The van der Waals surface area contributed by atoms with E-state index in [-0.39, 0.29) is 12.4 Å². The molecule has 0 radical (unpaired) electrons. The molecule has 2 aliphatic heterocycles. The first kappa shape index (κ1) is 11.0. The highest BCUT2D eigenvalue weighted by molar-refractivity contribution is 5.63. The molecule has 0 bridgehead atoms. The van der Waals surface area contributed by atoms with Gasteiger partial charge in [0.1, 0.15) is 11.7 Å². The second-order valence-electron chi connectivity index (χ2n) is 4.80. The van der Waals surface area contributed by atoms with Crippen molar-refractivity contribution in [3.8, 4) is 0 Å². The molecular weight excluding hydrogens is 196 g/mol. The molecule has 2 heterocycles. The Labute approximate surface area is 89.9 Å². The molecule has 0 aliphatic carbocycles. The fourth-order valence-corrected chi connectivity index (χ4v) is 2.38. The molecule has 0 spiro atoms. The largest absolute Gasteiger partial charge is 0.342 e. The molecule has 86 valence electrons. The van der Waals surface area contributed by atoms with Crippen LogP contribution in [0.2, 0.25) is 0 Å². The van der Waals surface area contributed by atoms with E-state index in [4.69, 9.17) is 14.2 Å². The normalized spacial score (nSPS) is 42.9. The zero-order valence-corrected chi connectivity index (χ0v) is 9.49. The molecule has 4 nitrogen and oxygen atoms in total. The lowest BCUT2D eigenvalue weighted by atomic mass is 9.95. The first-order chi connectivity index (χ1) is 7.00. The van der Waals surface area contributed by atoms with E-state index in [0.29, 0.717) is 6.42 Å². The predicted octanol–water partition coefficient (Wildman–Crippen LogP) is 1.62. The number of carbonyl (C=O) groups is 1. The molecule has 0 aromatic carbocycles. The van der Waals surface area contributed by atoms with Crippen LogP contribution >= 0.6 is 0 Å². The second kappa shape index (κ2) is 3.54. The van der Waals surface area contributed by atoms with E-state index in [0.717, 1.165) is 19.1 Å². The van der Waals surface area contributed by atoms with E-state index < -0.39 is 11.4 Å². The van der Waals surface area contributed by atoms with Crippen LogP contribution in [-0.2, 0) is 19.0 Å². The number of rotatable bonds is 3. The van der Waals surface area contributed by atoms with Gasteiger partial charge in [0, 0.05) is 6.42 Å². The van der Waals surface area contributed by atoms with Gasteiger partial charge in [-0.25, -0.2) is 0 Å². The predicted molar refractivity (Wildman–Crippen MR) is 53.2 cm³/mol. The van der Waals surface area contributed by atoms with Gasteiger partial charge in [-0.3, -0.25) is 0 Å². The van der Waals surface area contributed by atoms with Crippen LogP contribution < -0.4 is 0 Å². The molecule has 2 fully saturated rings. The third-order valence-electron chi connectivity index (χ3n) is 2.92. The van der Waals surface area contributed by atoms with Crippen molar-refractivity contribution in [3.63, 3.8) is 0 Å². The molecule has 2 aliphatic rings. The molecule has 15 heavy (non-hydrogen) atoms. The van der Waals surface area contributed by atoms with Gasteiger partial charge in [0.25, 0.3) is 0 Å². The van der Waals surface area contributed by atoms with Crippen molar-refractivity contribution in [2.24, 2.45) is 0 Å². The van der Waals surface area contributed by atoms with Gasteiger partial charge in [-0.05, 0) is 20.3 Å². The minimum atomic E-state index is -0.680. The maximum atomic E-state index is 11.1. The van der Waals surface area contributed by atoms with E-state index in [1.165, 1.54) is 0 Å². The lowest BCUT2D eigenvalue weighted by Crippen LogP contribution is -2.34. The Balaban J connectivity index is 2.06. The van der Waals surface area contributed by atoms with Gasteiger partial charge in [0.05, 0.1) is 0 Å². The van der Waals surface area contributed by atoms with E-state index in [2.05, 4.69) is 0 Å². The lowest BCUT2D eigenvalue weighted by Gasteiger charge is -2.25. The van der Waals surface area contributed by atoms with Crippen LogP contribution in [0.25, 0.3) is 0 Å². The van der Waals surface area contributed by atoms with Gasteiger partial charge in [0.15, 0.2) is 18.4 Å². The van der Waals surface area contributed by atoms with E-state index in [1.54, 1.807) is 0 Å². The maximum absolute atomic E-state index is 11.1. The average Bonchev–Trinajstić information content (AvgIpc) is 2.56. The topological polar surface area (TPSA) is 44.8 Å². The first-order valence-electron chi connectivity index (χ1n) is 5.50. The van der Waals surface area contributed by atoms with Gasteiger partial charge >= 0.3 is 0 Å². The highest BCUT2D eigenvalue weighted by atomic mass is 16.8. The SMILES string of the molecule is CCCC1(C=O)CC2OC(C)(C)OC2O1. The zero-order valence-electron chi connectivity index (χ0n) is 9.49. The summed E-state index contributed by atoms with van der Waals surface area (Å²) in [6, 6.07) is 0. The Hall–Kier alpha value is -0.450. The van der Waals surface area contributed by atoms with Crippen molar-refractivity contribution in [1.82, 2.24) is 0 Å². The lowest BCUT2D eigenvalue weighted by molar-refractivity contribution is -0.221. The van der Waals surface area contributed by atoms with Crippen LogP contribution in [0.3, 0.4) is 0 Å². The molecule has 4 heteroatoms. The molecule has 0 aromatic rings. The van der Waals surface area contributed by atoms with Crippen molar-refractivity contribution < 1.29 is 19.0 Å². The van der Waals surface area contributed by atoms with Crippen molar-refractivity contribution in [2.75, 3.05) is 0 Å². The zero-order chi connectivity index (χ0) is 11.1. The number of carbonyl (C=O) groups excluding carboxylic acids is 1. The monoisotopic (exact) mass is 214 g/mol. The summed E-state index contributed by atoms with van der Waals surface area (Å²) in [7, 11) is 0. The summed E-state index contributed by atoms with van der Waals surface area (Å²) < 4.78 is 16.9. The number of fused-ring (bicyclic) bond motifs is 1. The van der Waals surface area contributed by atoms with Crippen LogP contribution in [0.4, 0.5) is 0 Å². The van der Waals surface area contributed by atoms with E-state index in [9.17, 15) is 4.79 Å². The Bertz CT molecular complexity index is 245. The number of ether oxygens (including phenoxy) is 3. The molecule has 0 aromatic heterocycles. The Morgan fingerprint density at radius 2 is 2.07 bits per heavy atom. The Morgan fingerprint density at radius 1 is 1.33 bits per heavy atom. The third kappa shape index (κ3) is 1.94. The number of hydrogen-bond donors (Lipinski definition) is 0. The molecule has 0 saturated carbocycles. The van der Waals surface area contributed by atoms with Gasteiger partial charge in [-0.1, -0.05) is 13.3 Å². The second-order valence-corrected chi connectivity index (χ2v) is 4.80. The first-order valence-corrected chi connectivity index (χ1v) is 5.50. The van der Waals surface area contributed by atoms with Gasteiger partial charge < -0.3 is 19.0 Å². The standard InChI is InChI=1S/C11H18O4/c1-4-5-11(7-12)6-8-9(15-11)14-10(2,3)13-8/h7-9H,4-6H2,1-3H3. The molecule has 0 N–H and O–H groups in total. The van der Waals surface area contributed by atoms with E-state index in [1.807, 2.05) is 20.8 Å². The smallest absolute Gasteiger partial charge is 0.188 e. The van der Waals surface area contributed by atoms with Crippen LogP contribution in [0.5, 0.6) is 0 Å². The molecule has 2 saturated heterocycles. The highest BCUT2D eigenvalue weighted by Gasteiger charge is 2.54. The van der Waals surface area contributed by atoms with Gasteiger partial charge in [-0.2, -0.15) is 0 Å². The molecule has 0 amide bonds. The molecule has 3 atom stereocenters. The average molecular weight is 214 g/mol. The summed E-state index contributed by atoms with van der Waals surface area (Å²) >= 11 is 0.